The fourth-order valence-corrected chi connectivity index (χ4v) is 13.3. The number of carboxylic acid groups (broad SMARTS) is 2. The van der Waals surface area contributed by atoms with E-state index in [0.717, 1.165) is 63.8 Å². The lowest BCUT2D eigenvalue weighted by atomic mass is 9.90. The highest BCUT2D eigenvalue weighted by Gasteiger charge is 2.42. The van der Waals surface area contributed by atoms with Crippen molar-refractivity contribution in [3.63, 3.8) is 0 Å². The van der Waals surface area contributed by atoms with Crippen LogP contribution in [0.25, 0.3) is 11.1 Å². The Morgan fingerprint density at radius 3 is 2.07 bits per heavy atom. The lowest BCUT2D eigenvalue weighted by molar-refractivity contribution is -0.142. The number of aliphatic hydroxyl groups is 2. The van der Waals surface area contributed by atoms with Crippen LogP contribution in [0.5, 0.6) is 5.75 Å². The number of benzene rings is 4. The maximum atomic E-state index is 15.6. The summed E-state index contributed by atoms with van der Waals surface area (Å²) in [7, 11) is 3.59. The summed E-state index contributed by atoms with van der Waals surface area (Å²) in [5.74, 6) is -15.3. The molecule has 35 heteroatoms. The number of aliphatic carboxylic acids is 2. The van der Waals surface area contributed by atoms with Crippen LogP contribution in [0.15, 0.2) is 110 Å². The van der Waals surface area contributed by atoms with Gasteiger partial charge in [0.05, 0.1) is 45.2 Å². The highest BCUT2D eigenvalue weighted by atomic mass is 33.1. The van der Waals surface area contributed by atoms with E-state index in [-0.39, 0.29) is 42.8 Å². The molecular weight excluding hydrogens is 1410 g/mol. The summed E-state index contributed by atoms with van der Waals surface area (Å²) >= 11 is 0. The third-order valence-electron chi connectivity index (χ3n) is 16.9. The molecule has 0 aliphatic carbocycles. The second kappa shape index (κ2) is 41.1. The van der Waals surface area contributed by atoms with Crippen molar-refractivity contribution < 1.29 is 91.9 Å². The van der Waals surface area contributed by atoms with E-state index < -0.39 is 188 Å². The molecule has 105 heavy (non-hydrogen) atoms. The van der Waals surface area contributed by atoms with E-state index in [4.69, 9.17) is 16.2 Å². The molecule has 6 rings (SSSR count). The summed E-state index contributed by atoms with van der Waals surface area (Å²) in [4.78, 5) is 184. The number of nitrogens with zero attached hydrogens (tertiary/aromatic N) is 1. The molecule has 0 bridgehead atoms. The number of imidazole rings is 1. The van der Waals surface area contributed by atoms with Crippen molar-refractivity contribution in [1.82, 2.24) is 63.1 Å². The number of carbonyl (C=O) groups excluding carboxylic acids is 11. The molecule has 11 amide bonds. The van der Waals surface area contributed by atoms with E-state index in [1.54, 1.807) is 37.4 Å². The van der Waals surface area contributed by atoms with Crippen molar-refractivity contribution in [2.24, 2.45) is 11.5 Å². The number of amides is 11. The van der Waals surface area contributed by atoms with Gasteiger partial charge in [-0.25, -0.2) is 9.37 Å². The van der Waals surface area contributed by atoms with E-state index >= 15 is 4.39 Å². The predicted octanol–water partition coefficient (Wildman–Crippen LogP) is -0.983. The lowest BCUT2D eigenvalue weighted by Gasteiger charge is -2.34. The Labute approximate surface area is 611 Å². The number of nitrogens with two attached hydrogens (primary N) is 2. The van der Waals surface area contributed by atoms with Gasteiger partial charge in [0, 0.05) is 49.1 Å². The number of carbonyl (C=O) groups is 13. The zero-order valence-electron chi connectivity index (χ0n) is 58.1. The Morgan fingerprint density at radius 2 is 1.43 bits per heavy atom. The summed E-state index contributed by atoms with van der Waals surface area (Å²) in [6, 6.07) is 12.2. The molecule has 1 aliphatic rings. The quantitative estimate of drug-likeness (QED) is 0.0217. The number of rotatable bonds is 35. The number of primary amides is 1. The topological polar surface area (TPSA) is 513 Å². The normalized spacial score (nSPS) is 17.6. The van der Waals surface area contributed by atoms with Crippen molar-refractivity contribution >= 4 is 98.5 Å². The Hall–Kier alpha value is -10.5. The zero-order valence-corrected chi connectivity index (χ0v) is 59.7. The van der Waals surface area contributed by atoms with Gasteiger partial charge in [0.15, 0.2) is 0 Å². The minimum absolute atomic E-state index is 0.00787. The van der Waals surface area contributed by atoms with Crippen LogP contribution in [-0.4, -0.2) is 205 Å². The molecular formula is C70H89FN14O18S2. The molecule has 4 aromatic carbocycles. The second-order valence-electron chi connectivity index (χ2n) is 25.0. The molecule has 0 saturated carbocycles. The van der Waals surface area contributed by atoms with Gasteiger partial charge < -0.3 is 94.8 Å². The first-order chi connectivity index (χ1) is 50.0. The highest BCUT2D eigenvalue weighted by molar-refractivity contribution is 8.76. The van der Waals surface area contributed by atoms with Gasteiger partial charge in [-0.2, -0.15) is 0 Å². The summed E-state index contributed by atoms with van der Waals surface area (Å²) in [6.07, 6.45) is -0.704. The SMILES string of the molecule is CCc1cc(OC)ccc1-c1ccc(C[C@H](NC(=O)[C@H](CC(=O)O)NC(=O)[C@H](CO)NC(=O)[C@@H](NC(=O)[C@](C)(Cc2ccccc2F)NC(=O)[C@H]2CSSCC[C@@H](NC(=O)[C@@H](N)Cc3cnc[nH]3)C(=O)N[C@@H](CCC(=O)O)C(=O)NCC(=O)N2)[C@@H](C)O)C(=O)N[C@@H](CCCc2ccccc2)C(N)=O)cc1. The van der Waals surface area contributed by atoms with Crippen LogP contribution in [0, 0.1) is 5.82 Å². The third kappa shape index (κ3) is 26.3. The van der Waals surface area contributed by atoms with E-state index in [0.29, 0.717) is 36.3 Å². The minimum Gasteiger partial charge on any atom is -0.497 e. The van der Waals surface area contributed by atoms with Gasteiger partial charge in [-0.15, -0.1) is 0 Å². The average molecular weight is 1500 g/mol. The van der Waals surface area contributed by atoms with Crippen molar-refractivity contribution in [3.05, 3.63) is 143 Å². The number of hydrogen-bond acceptors (Lipinski definition) is 20. The zero-order chi connectivity index (χ0) is 76.9. The maximum absolute atomic E-state index is 15.6. The molecule has 1 fully saturated rings. The Kier molecular flexibility index (Phi) is 32.7. The molecule has 0 spiro atoms. The molecule has 32 nitrogen and oxygen atoms in total. The van der Waals surface area contributed by atoms with Gasteiger partial charge in [-0.1, -0.05) is 107 Å². The molecule has 1 aliphatic heterocycles. The van der Waals surface area contributed by atoms with E-state index in [1.165, 1.54) is 30.7 Å². The van der Waals surface area contributed by atoms with Gasteiger partial charge in [0.1, 0.15) is 65.4 Å². The number of aromatic amines is 1. The summed E-state index contributed by atoms with van der Waals surface area (Å²) < 4.78 is 21.0. The number of aromatic nitrogens is 2. The minimum atomic E-state index is -2.34. The van der Waals surface area contributed by atoms with Gasteiger partial charge in [0.2, 0.25) is 65.0 Å². The number of ether oxygens (including phenoxy) is 1. The summed E-state index contributed by atoms with van der Waals surface area (Å²) in [5.41, 5.74) is 14.0. The van der Waals surface area contributed by atoms with Crippen LogP contribution in [0.1, 0.15) is 87.2 Å². The molecule has 566 valence electrons. The van der Waals surface area contributed by atoms with Crippen LogP contribution < -0.4 is 69.4 Å². The largest absolute Gasteiger partial charge is 0.497 e. The number of methoxy groups -OCH3 is 1. The number of nitrogens with one attached hydrogen (secondary N) is 11. The number of aryl methyl sites for hydroxylation is 2. The first kappa shape index (κ1) is 83.5. The fourth-order valence-electron chi connectivity index (χ4n) is 11.0. The molecule has 0 radical (unpaired) electrons. The van der Waals surface area contributed by atoms with Gasteiger partial charge in [-0.05, 0) is 104 Å². The van der Waals surface area contributed by atoms with Gasteiger partial charge >= 0.3 is 11.9 Å². The van der Waals surface area contributed by atoms with Crippen molar-refractivity contribution in [2.75, 3.05) is 31.8 Å². The molecule has 0 unspecified atom stereocenters. The first-order valence-corrected chi connectivity index (χ1v) is 36.0. The van der Waals surface area contributed by atoms with E-state index in [2.05, 4.69) is 63.1 Å². The Balaban J connectivity index is 1.20. The Morgan fingerprint density at radius 1 is 0.762 bits per heavy atom. The number of halogens is 1. The smallest absolute Gasteiger partial charge is 0.305 e. The molecule has 11 atom stereocenters. The third-order valence-corrected chi connectivity index (χ3v) is 19.3. The number of hydrogen-bond donors (Lipinski definition) is 17. The number of carboxylic acids is 2. The lowest BCUT2D eigenvalue weighted by Crippen LogP contribution is -2.66. The van der Waals surface area contributed by atoms with E-state index in [9.17, 15) is 82.8 Å². The number of H-pyrrole nitrogens is 1. The molecule has 1 saturated heterocycles. The van der Waals surface area contributed by atoms with Gasteiger partial charge in [0.25, 0.3) is 0 Å². The number of aliphatic hydroxyl groups excluding tert-OH is 2. The van der Waals surface area contributed by atoms with Gasteiger partial charge in [-0.3, -0.25) is 62.3 Å². The standard InChI is InChI=1S/C70H89FN14O18S2/c1-5-41-29-45(103-4)22-23-46(41)42-20-18-40(19-21-42)28-52(64(97)78-49(60(73)93)17-11-14-39-12-7-6-8-13-39)81-65(98)53(31-58(91)92)82-66(99)54(35-86)83-68(101)59(38(2)87)84-69(102)70(3,32-43-15-9-10-16-47(43)71)85-67(100)55-36-105-104-27-26-51(79-61(94)48(72)30-44-33-74-37-76-44)63(96)80-50(24-25-57(89)90)62(95)75-34-56(88)77-55/h6-10,12-13,15-16,18-23,29,33,37-38,48-55,59,86-87H,5,11,14,17,24-28,30-32,34-36,72H2,1-4H3,(H2,73,93)(H,74,76)(H,75,95)(H,77,88)(H,78,97)(H,79,94)(H,80,96)(H,81,98)(H,82,99)(H,83,101)(H,84,102)(H,85,100)(H,89,90)(H,91,92)/t38-,48+,49+,50+,51-,52+,53+,54+,55-,59+,70+/m1/s1. The van der Waals surface area contributed by atoms with E-state index in [1.807, 2.05) is 49.4 Å². The van der Waals surface area contributed by atoms with Crippen LogP contribution in [-0.2, 0) is 94.4 Å². The first-order valence-electron chi connectivity index (χ1n) is 33.6. The van der Waals surface area contributed by atoms with Crippen molar-refractivity contribution in [1.29, 1.82) is 0 Å². The Bertz CT molecular complexity index is 3860. The average Bonchev–Trinajstić information content (AvgIpc) is 1.10. The van der Waals surface area contributed by atoms with Crippen LogP contribution >= 0.6 is 21.6 Å². The van der Waals surface area contributed by atoms with Crippen LogP contribution in [0.4, 0.5) is 4.39 Å². The van der Waals surface area contributed by atoms with Crippen molar-refractivity contribution in [3.8, 4) is 16.9 Å². The second-order valence-corrected chi connectivity index (χ2v) is 27.7. The van der Waals surface area contributed by atoms with Crippen LogP contribution in [0.3, 0.4) is 0 Å². The molecule has 1 aromatic heterocycles. The summed E-state index contributed by atoms with van der Waals surface area (Å²) in [6.45, 7) is 2.01. The molecule has 2 heterocycles. The highest BCUT2D eigenvalue weighted by Crippen LogP contribution is 2.29. The fraction of sp³-hybridized carbons (Fsp3) is 0.429. The van der Waals surface area contributed by atoms with Crippen LogP contribution in [0.2, 0.25) is 0 Å². The maximum Gasteiger partial charge on any atom is 0.305 e. The predicted molar refractivity (Wildman–Crippen MR) is 383 cm³/mol. The molecule has 5 aromatic rings. The monoisotopic (exact) mass is 1500 g/mol. The van der Waals surface area contributed by atoms with Crippen molar-refractivity contribution in [2.45, 2.75) is 157 Å². The molecule has 19 N–H and O–H groups in total. The summed E-state index contributed by atoms with van der Waals surface area (Å²) in [5, 5.41) is 65.3.